The Morgan fingerprint density at radius 1 is 1.03 bits per heavy atom. The Balaban J connectivity index is 1.90. The van der Waals surface area contributed by atoms with E-state index in [1.165, 1.54) is 16.8 Å². The Morgan fingerprint density at radius 2 is 1.71 bits per heavy atom. The molecule has 0 unspecified atom stereocenters. The van der Waals surface area contributed by atoms with E-state index in [2.05, 4.69) is 9.84 Å². The molecule has 1 aromatic heterocycles. The predicted molar refractivity (Wildman–Crippen MR) is 107 cm³/mol. The maximum absolute atomic E-state index is 13.0. The van der Waals surface area contributed by atoms with Crippen LogP contribution in [-0.4, -0.2) is 40.3 Å². The normalized spacial score (nSPS) is 14.6. The molecule has 1 aliphatic rings. The van der Waals surface area contributed by atoms with Gasteiger partial charge in [0.05, 0.1) is 22.3 Å². The average molecular weight is 433 g/mol. The molecule has 0 bridgehead atoms. The van der Waals surface area contributed by atoms with Crippen LogP contribution in [0.3, 0.4) is 0 Å². The van der Waals surface area contributed by atoms with E-state index in [0.29, 0.717) is 11.2 Å². The number of anilines is 1. The topological polar surface area (TPSA) is 84.7 Å². The largest absolute Gasteiger partial charge is 0.573 e. The molecule has 1 fully saturated rings. The van der Waals surface area contributed by atoms with Gasteiger partial charge >= 0.3 is 12.3 Å². The zero-order valence-electron chi connectivity index (χ0n) is 16.2. The van der Waals surface area contributed by atoms with Crippen molar-refractivity contribution >= 4 is 22.6 Å². The number of halogens is 3. The fourth-order valence-electron chi connectivity index (χ4n) is 3.78. The van der Waals surface area contributed by atoms with Gasteiger partial charge in [0.2, 0.25) is 11.1 Å². The lowest BCUT2D eigenvalue weighted by atomic mass is 10.1. The quantitative estimate of drug-likeness (QED) is 0.670. The second-order valence-electron chi connectivity index (χ2n) is 7.16. The van der Waals surface area contributed by atoms with Gasteiger partial charge in [-0.05, 0) is 55.7 Å². The maximum Gasteiger partial charge on any atom is 0.573 e. The summed E-state index contributed by atoms with van der Waals surface area (Å²) in [5, 5.41) is 13.7. The predicted octanol–water partition coefficient (Wildman–Crippen LogP) is 3.97. The van der Waals surface area contributed by atoms with Crippen molar-refractivity contribution in [1.29, 1.82) is 0 Å². The number of carbonyl (C=O) groups is 1. The first-order valence-electron chi connectivity index (χ1n) is 9.65. The Hall–Kier alpha value is -3.56. The molecule has 0 radical (unpaired) electrons. The number of hydrogen-bond acceptors (Lipinski definition) is 5. The van der Waals surface area contributed by atoms with Gasteiger partial charge in [0, 0.05) is 13.1 Å². The minimum Gasteiger partial charge on any atom is -0.476 e. The zero-order valence-corrected chi connectivity index (χ0v) is 16.2. The summed E-state index contributed by atoms with van der Waals surface area (Å²) in [5.41, 5.74) is -0.0808. The van der Waals surface area contributed by atoms with Crippen molar-refractivity contribution in [2.24, 2.45) is 0 Å². The highest BCUT2D eigenvalue weighted by atomic mass is 19.4. The Bertz CT molecular complexity index is 1180. The Labute approximate surface area is 174 Å². The number of carboxylic acid groups (broad SMARTS) is 1. The van der Waals surface area contributed by atoms with Gasteiger partial charge in [-0.2, -0.15) is 5.10 Å². The van der Waals surface area contributed by atoms with Crippen LogP contribution in [-0.2, 0) is 0 Å². The third-order valence-electron chi connectivity index (χ3n) is 5.10. The van der Waals surface area contributed by atoms with E-state index in [1.807, 2.05) is 4.90 Å². The Kier molecular flexibility index (Phi) is 5.30. The summed E-state index contributed by atoms with van der Waals surface area (Å²) in [6.45, 7) is 1.49. The third-order valence-corrected chi connectivity index (χ3v) is 5.10. The molecule has 0 atom stereocenters. The summed E-state index contributed by atoms with van der Waals surface area (Å²) in [5.74, 6) is -1.90. The summed E-state index contributed by atoms with van der Waals surface area (Å²) in [6, 6.07) is 9.97. The molecule has 0 spiro atoms. The molecule has 0 aliphatic carbocycles. The number of nitrogens with zero attached hydrogens (tertiary/aromatic N) is 3. The highest BCUT2D eigenvalue weighted by molar-refractivity contribution is 5.97. The van der Waals surface area contributed by atoms with E-state index >= 15 is 0 Å². The first-order chi connectivity index (χ1) is 14.7. The number of benzene rings is 2. The van der Waals surface area contributed by atoms with Crippen molar-refractivity contribution in [2.45, 2.75) is 25.6 Å². The van der Waals surface area contributed by atoms with Crippen LogP contribution < -0.4 is 15.1 Å². The molecule has 31 heavy (non-hydrogen) atoms. The van der Waals surface area contributed by atoms with Crippen LogP contribution in [0.25, 0.3) is 16.6 Å². The standard InChI is InChI=1S/C21H18F3N3O4/c22-21(23,24)31-14-9-7-13(8-10-14)27-16-6-4-5-15(26-11-2-1-3-12-26)17(16)19(28)18(25-27)20(29)30/h4-10H,1-3,11-12H2,(H,29,30). The van der Waals surface area contributed by atoms with Crippen molar-refractivity contribution in [3.63, 3.8) is 0 Å². The van der Waals surface area contributed by atoms with Crippen molar-refractivity contribution in [1.82, 2.24) is 9.78 Å². The minimum atomic E-state index is -4.83. The van der Waals surface area contributed by atoms with E-state index in [0.717, 1.165) is 44.5 Å². The summed E-state index contributed by atoms with van der Waals surface area (Å²) in [6.07, 6.45) is -1.83. The fraction of sp³-hybridized carbons (Fsp3) is 0.286. The summed E-state index contributed by atoms with van der Waals surface area (Å²) < 4.78 is 42.4. The van der Waals surface area contributed by atoms with Crippen LogP contribution >= 0.6 is 0 Å². The average Bonchev–Trinajstić information content (AvgIpc) is 2.74. The lowest BCUT2D eigenvalue weighted by Crippen LogP contribution is -2.31. The lowest BCUT2D eigenvalue weighted by Gasteiger charge is -2.30. The van der Waals surface area contributed by atoms with Crippen molar-refractivity contribution < 1.29 is 27.8 Å². The molecule has 10 heteroatoms. The van der Waals surface area contributed by atoms with Gasteiger partial charge in [0.1, 0.15) is 5.75 Å². The van der Waals surface area contributed by atoms with Crippen LogP contribution in [0.1, 0.15) is 29.8 Å². The van der Waals surface area contributed by atoms with Gasteiger partial charge in [-0.25, -0.2) is 9.48 Å². The SMILES string of the molecule is O=C(O)c1nn(-c2ccc(OC(F)(F)F)cc2)c2cccc(N3CCCCC3)c2c1=O. The molecule has 2 heterocycles. The highest BCUT2D eigenvalue weighted by Crippen LogP contribution is 2.29. The van der Waals surface area contributed by atoms with Gasteiger partial charge in [-0.1, -0.05) is 6.07 Å². The second-order valence-corrected chi connectivity index (χ2v) is 7.16. The highest BCUT2D eigenvalue weighted by Gasteiger charge is 2.31. The van der Waals surface area contributed by atoms with Crippen molar-refractivity contribution in [3.05, 3.63) is 58.4 Å². The van der Waals surface area contributed by atoms with Crippen LogP contribution in [0.2, 0.25) is 0 Å². The molecule has 1 saturated heterocycles. The molecule has 1 N–H and O–H groups in total. The van der Waals surface area contributed by atoms with Crippen LogP contribution in [0.4, 0.5) is 18.9 Å². The van der Waals surface area contributed by atoms with E-state index in [1.54, 1.807) is 18.2 Å². The monoisotopic (exact) mass is 433 g/mol. The number of aromatic carboxylic acids is 1. The molecular weight excluding hydrogens is 415 g/mol. The molecule has 3 aromatic rings. The minimum absolute atomic E-state index is 0.215. The number of carboxylic acids is 1. The summed E-state index contributed by atoms with van der Waals surface area (Å²) in [4.78, 5) is 26.8. The van der Waals surface area contributed by atoms with Crippen molar-refractivity contribution in [2.75, 3.05) is 18.0 Å². The van der Waals surface area contributed by atoms with Gasteiger partial charge in [0.15, 0.2) is 0 Å². The van der Waals surface area contributed by atoms with Crippen LogP contribution in [0, 0.1) is 0 Å². The van der Waals surface area contributed by atoms with Gasteiger partial charge in [0.25, 0.3) is 0 Å². The summed E-state index contributed by atoms with van der Waals surface area (Å²) in [7, 11) is 0. The molecule has 162 valence electrons. The van der Waals surface area contributed by atoms with E-state index in [-0.39, 0.29) is 11.1 Å². The van der Waals surface area contributed by atoms with E-state index < -0.39 is 29.2 Å². The second kappa shape index (κ2) is 7.93. The zero-order chi connectivity index (χ0) is 22.2. The fourth-order valence-corrected chi connectivity index (χ4v) is 3.78. The Morgan fingerprint density at radius 3 is 2.32 bits per heavy atom. The van der Waals surface area contributed by atoms with Gasteiger partial charge in [-0.3, -0.25) is 4.79 Å². The molecule has 7 nitrogen and oxygen atoms in total. The molecule has 2 aromatic carbocycles. The first kappa shape index (κ1) is 20.7. The van der Waals surface area contributed by atoms with Gasteiger partial charge < -0.3 is 14.7 Å². The lowest BCUT2D eigenvalue weighted by molar-refractivity contribution is -0.274. The summed E-state index contributed by atoms with van der Waals surface area (Å²) >= 11 is 0. The number of alkyl halides is 3. The maximum atomic E-state index is 13.0. The smallest absolute Gasteiger partial charge is 0.476 e. The van der Waals surface area contributed by atoms with Crippen molar-refractivity contribution in [3.8, 4) is 11.4 Å². The number of hydrogen-bond donors (Lipinski definition) is 1. The van der Waals surface area contributed by atoms with Crippen LogP contribution in [0.15, 0.2) is 47.3 Å². The first-order valence-corrected chi connectivity index (χ1v) is 9.65. The number of ether oxygens (including phenoxy) is 1. The molecular formula is C21H18F3N3O4. The van der Waals surface area contributed by atoms with Gasteiger partial charge in [-0.15, -0.1) is 13.2 Å². The number of aromatic nitrogens is 2. The van der Waals surface area contributed by atoms with E-state index in [9.17, 15) is 27.9 Å². The number of rotatable bonds is 4. The molecule has 0 amide bonds. The number of fused-ring (bicyclic) bond motifs is 1. The third kappa shape index (κ3) is 4.18. The van der Waals surface area contributed by atoms with Crippen LogP contribution in [0.5, 0.6) is 5.75 Å². The molecule has 4 rings (SSSR count). The molecule has 0 saturated carbocycles. The number of piperidine rings is 1. The molecule has 1 aliphatic heterocycles. The van der Waals surface area contributed by atoms with E-state index in [4.69, 9.17) is 0 Å².